The van der Waals surface area contributed by atoms with Gasteiger partial charge in [0.25, 0.3) is 0 Å². The molecule has 11 heteroatoms. The summed E-state index contributed by atoms with van der Waals surface area (Å²) in [5.41, 5.74) is 2.68. The summed E-state index contributed by atoms with van der Waals surface area (Å²) in [5, 5.41) is 12.2. The third-order valence-corrected chi connectivity index (χ3v) is 6.58. The zero-order valence-corrected chi connectivity index (χ0v) is 21.6. The number of hydroxylamine groups is 1. The van der Waals surface area contributed by atoms with Gasteiger partial charge in [-0.1, -0.05) is 19.9 Å². The lowest BCUT2D eigenvalue weighted by molar-refractivity contribution is -0.118. The third-order valence-electron chi connectivity index (χ3n) is 5.05. The van der Waals surface area contributed by atoms with Gasteiger partial charge in [0.05, 0.1) is 10.2 Å². The van der Waals surface area contributed by atoms with Gasteiger partial charge >= 0.3 is 6.03 Å². The van der Waals surface area contributed by atoms with E-state index in [0.29, 0.717) is 42.2 Å². The Morgan fingerprint density at radius 1 is 1.18 bits per heavy atom. The van der Waals surface area contributed by atoms with Gasteiger partial charge in [0, 0.05) is 46.6 Å². The highest BCUT2D eigenvalue weighted by Gasteiger charge is 2.30. The smallest absolute Gasteiger partial charge is 0.321 e. The summed E-state index contributed by atoms with van der Waals surface area (Å²) in [6, 6.07) is 10.5. The minimum atomic E-state index is -1.15. The summed E-state index contributed by atoms with van der Waals surface area (Å²) >= 11 is 3.06. The van der Waals surface area contributed by atoms with Crippen molar-refractivity contribution in [1.29, 1.82) is 0 Å². The number of amides is 2. The van der Waals surface area contributed by atoms with Crippen molar-refractivity contribution in [2.75, 3.05) is 24.7 Å². The predicted molar refractivity (Wildman–Crippen MR) is 135 cm³/mol. The van der Waals surface area contributed by atoms with Gasteiger partial charge in [-0.15, -0.1) is 0 Å². The van der Waals surface area contributed by atoms with Crippen LogP contribution < -0.4 is 10.8 Å². The summed E-state index contributed by atoms with van der Waals surface area (Å²) in [7, 11) is -1.15. The van der Waals surface area contributed by atoms with Crippen molar-refractivity contribution < 1.29 is 23.4 Å². The Balaban J connectivity index is 0.00000199. The molecule has 1 atom stereocenters. The Morgan fingerprint density at radius 3 is 2.44 bits per heavy atom. The Hall–Kier alpha value is -2.63. The van der Waals surface area contributed by atoms with Crippen LogP contribution in [0, 0.1) is 11.7 Å². The fraction of sp³-hybridized carbons (Fsp3) is 0.348. The molecular formula is C23H28BrFN4O4S. The number of rotatable bonds is 5. The number of benzene rings is 2. The Labute approximate surface area is 209 Å². The molecule has 1 fully saturated rings. The van der Waals surface area contributed by atoms with Gasteiger partial charge < -0.3 is 10.2 Å². The average Bonchev–Trinajstić information content (AvgIpc) is 2.85. The Bertz CT molecular complexity index is 1070. The number of nitrogens with one attached hydrogen (secondary N) is 2. The van der Waals surface area contributed by atoms with Gasteiger partial charge in [0.1, 0.15) is 5.82 Å². The average molecular weight is 555 g/mol. The van der Waals surface area contributed by atoms with Crippen molar-refractivity contribution in [2.24, 2.45) is 10.9 Å². The normalized spacial score (nSPS) is 15.1. The van der Waals surface area contributed by atoms with Crippen LogP contribution in [0.1, 0.15) is 26.7 Å². The zero-order chi connectivity index (χ0) is 25.3. The van der Waals surface area contributed by atoms with Crippen molar-refractivity contribution in [3.8, 4) is 0 Å². The molecule has 0 bridgehead atoms. The maximum Gasteiger partial charge on any atom is 0.321 e. The summed E-state index contributed by atoms with van der Waals surface area (Å²) in [5.74, 6) is -1.51. The lowest BCUT2D eigenvalue weighted by Crippen LogP contribution is -2.44. The largest absolute Gasteiger partial charge is 0.324 e. The van der Waals surface area contributed by atoms with E-state index in [4.69, 9.17) is 0 Å². The van der Waals surface area contributed by atoms with Crippen molar-refractivity contribution in [3.05, 3.63) is 52.8 Å². The van der Waals surface area contributed by atoms with Gasteiger partial charge in [0.15, 0.2) is 5.84 Å². The molecule has 0 saturated carbocycles. The zero-order valence-electron chi connectivity index (χ0n) is 19.2. The van der Waals surface area contributed by atoms with Crippen molar-refractivity contribution >= 4 is 55.8 Å². The molecule has 34 heavy (non-hydrogen) atoms. The molecule has 0 spiro atoms. The molecule has 1 aliphatic rings. The van der Waals surface area contributed by atoms with Crippen molar-refractivity contribution in [3.63, 3.8) is 0 Å². The second kappa shape index (κ2) is 13.3. The number of Topliss-reactive ketones (excluding diaryl/α,β-unsaturated/α-hetero) is 1. The van der Waals surface area contributed by atoms with Crippen LogP contribution in [-0.2, 0) is 15.6 Å². The molecule has 0 radical (unpaired) electrons. The predicted octanol–water partition coefficient (Wildman–Crippen LogP) is 4.87. The summed E-state index contributed by atoms with van der Waals surface area (Å²) in [4.78, 5) is 31.6. The van der Waals surface area contributed by atoms with E-state index in [0.717, 1.165) is 0 Å². The van der Waals surface area contributed by atoms with Crippen molar-refractivity contribution in [1.82, 2.24) is 10.4 Å². The molecule has 3 rings (SSSR count). The van der Waals surface area contributed by atoms with Crippen LogP contribution in [0.3, 0.4) is 0 Å². The number of halogens is 2. The van der Waals surface area contributed by atoms with Gasteiger partial charge in [-0.2, -0.15) is 0 Å². The number of carbonyl (C=O) groups is 2. The van der Waals surface area contributed by atoms with Crippen LogP contribution in [0.25, 0.3) is 0 Å². The minimum absolute atomic E-state index is 0.193. The first-order valence-electron chi connectivity index (χ1n) is 10.8. The second-order valence-electron chi connectivity index (χ2n) is 7.21. The highest BCUT2D eigenvalue weighted by Crippen LogP contribution is 2.24. The molecule has 3 N–H and O–H groups in total. The monoisotopic (exact) mass is 554 g/mol. The van der Waals surface area contributed by atoms with E-state index in [1.54, 1.807) is 35.4 Å². The van der Waals surface area contributed by atoms with E-state index in [1.807, 2.05) is 19.3 Å². The number of carbonyl (C=O) groups excluding carboxylic acids is 2. The first-order valence-corrected chi connectivity index (χ1v) is 13.1. The fourth-order valence-corrected chi connectivity index (χ4v) is 4.24. The molecule has 8 nitrogen and oxygen atoms in total. The summed E-state index contributed by atoms with van der Waals surface area (Å²) in [6.45, 7) is 4.70. The standard InChI is InChI=1S/C21H22BrFN4O4S.C2H6/c1-32(31)16-4-2-3-14(11-16)25-21(29)27-9-7-13(8-10-27)19(28)20(26-30)24-15-5-6-18(23)17(22)12-15;1-2/h2-6,11-13,30H,7-10H2,1H3,(H,24,26)(H,25,29);1-2H3. The van der Waals surface area contributed by atoms with E-state index in [2.05, 4.69) is 26.2 Å². The highest BCUT2D eigenvalue weighted by atomic mass is 79.9. The lowest BCUT2D eigenvalue weighted by atomic mass is 9.92. The number of nitrogens with zero attached hydrogens (tertiary/aromatic N) is 2. The first kappa shape index (κ1) is 27.6. The van der Waals surface area contributed by atoms with Gasteiger partial charge in [-0.25, -0.2) is 19.7 Å². The fourth-order valence-electron chi connectivity index (χ4n) is 3.31. The number of aliphatic imine (C=N–C) groups is 1. The number of likely N-dealkylation sites (tertiary alicyclic amines) is 1. The SMILES string of the molecule is CC.CS(=O)c1cccc(NC(=O)N2CCC(C(=O)C(=Nc3ccc(F)c(Br)c3)NO)CC2)c1. The quantitative estimate of drug-likeness (QED) is 0.277. The molecule has 2 aromatic rings. The number of piperidine rings is 1. The molecule has 1 saturated heterocycles. The van der Waals surface area contributed by atoms with E-state index >= 15 is 0 Å². The Morgan fingerprint density at radius 2 is 1.85 bits per heavy atom. The number of anilines is 1. The van der Waals surface area contributed by atoms with Crippen LogP contribution in [0.5, 0.6) is 0 Å². The van der Waals surface area contributed by atoms with Crippen LogP contribution in [-0.4, -0.2) is 51.3 Å². The maximum atomic E-state index is 13.4. The third kappa shape index (κ3) is 7.44. The molecule has 2 amide bonds. The van der Waals surface area contributed by atoms with Crippen LogP contribution in [0.4, 0.5) is 20.6 Å². The summed E-state index contributed by atoms with van der Waals surface area (Å²) in [6.07, 6.45) is 2.37. The minimum Gasteiger partial charge on any atom is -0.324 e. The van der Waals surface area contributed by atoms with E-state index in [1.165, 1.54) is 18.2 Å². The van der Waals surface area contributed by atoms with E-state index < -0.39 is 22.5 Å². The number of hydrogen-bond acceptors (Lipinski definition) is 5. The van der Waals surface area contributed by atoms with Crippen LogP contribution in [0.15, 0.2) is 56.8 Å². The van der Waals surface area contributed by atoms with E-state index in [-0.39, 0.29) is 22.1 Å². The first-order chi connectivity index (χ1) is 16.3. The second-order valence-corrected chi connectivity index (χ2v) is 9.44. The lowest BCUT2D eigenvalue weighted by Gasteiger charge is -2.31. The molecule has 1 aliphatic heterocycles. The van der Waals surface area contributed by atoms with E-state index in [9.17, 15) is 23.4 Å². The van der Waals surface area contributed by atoms with Crippen LogP contribution >= 0.6 is 15.9 Å². The topological polar surface area (TPSA) is 111 Å². The van der Waals surface area contributed by atoms with Gasteiger partial charge in [0.2, 0.25) is 5.78 Å². The van der Waals surface area contributed by atoms with Gasteiger partial charge in [-0.05, 0) is 65.2 Å². The number of hydrogen-bond donors (Lipinski definition) is 3. The molecule has 2 aromatic carbocycles. The van der Waals surface area contributed by atoms with Crippen LogP contribution in [0.2, 0.25) is 0 Å². The number of amidine groups is 1. The van der Waals surface area contributed by atoms with Crippen molar-refractivity contribution in [2.45, 2.75) is 31.6 Å². The highest BCUT2D eigenvalue weighted by molar-refractivity contribution is 9.10. The molecule has 1 heterocycles. The number of ketones is 1. The number of urea groups is 1. The molecule has 0 aromatic heterocycles. The summed E-state index contributed by atoms with van der Waals surface area (Å²) < 4.78 is 25.2. The molecule has 184 valence electrons. The Kier molecular flexibility index (Phi) is 10.8. The maximum absolute atomic E-state index is 13.4. The molecule has 1 unspecified atom stereocenters. The molecular weight excluding hydrogens is 527 g/mol. The van der Waals surface area contributed by atoms with Gasteiger partial charge in [-0.3, -0.25) is 14.2 Å². The molecule has 0 aliphatic carbocycles.